The Morgan fingerprint density at radius 2 is 1.60 bits per heavy atom. The molecule has 0 heterocycles. The Bertz CT molecular complexity index is 585. The van der Waals surface area contributed by atoms with Crippen molar-refractivity contribution in [1.29, 1.82) is 0 Å². The maximum absolute atomic E-state index is 11.8. The van der Waals surface area contributed by atoms with E-state index in [4.69, 9.17) is 9.47 Å². The number of ether oxygens (including phenoxy) is 2. The Morgan fingerprint density at radius 1 is 1.00 bits per heavy atom. The van der Waals surface area contributed by atoms with Crippen molar-refractivity contribution in [3.05, 3.63) is 59.7 Å². The summed E-state index contributed by atoms with van der Waals surface area (Å²) >= 11 is 0. The molecule has 2 aromatic rings. The topological polar surface area (TPSA) is 52.6 Å². The highest BCUT2D eigenvalue weighted by Crippen LogP contribution is 2.14. The number of carbonyl (C=O) groups is 2. The minimum absolute atomic E-state index is 0.180. The lowest BCUT2D eigenvalue weighted by molar-refractivity contribution is -0.133. The average molecular weight is 270 g/mol. The van der Waals surface area contributed by atoms with Gasteiger partial charge in [0.25, 0.3) is 0 Å². The molecule has 4 nitrogen and oxygen atoms in total. The zero-order chi connectivity index (χ0) is 14.4. The number of hydrogen-bond acceptors (Lipinski definition) is 4. The first-order valence-corrected chi connectivity index (χ1v) is 6.10. The molecule has 20 heavy (non-hydrogen) atoms. The third kappa shape index (κ3) is 3.68. The second-order valence-corrected chi connectivity index (χ2v) is 4.19. The minimum atomic E-state index is -0.353. The van der Waals surface area contributed by atoms with Crippen LogP contribution in [0.2, 0.25) is 0 Å². The van der Waals surface area contributed by atoms with Crippen LogP contribution in [0, 0.1) is 0 Å². The van der Waals surface area contributed by atoms with Crippen molar-refractivity contribution in [2.45, 2.75) is 6.42 Å². The first-order chi connectivity index (χ1) is 9.71. The van der Waals surface area contributed by atoms with Crippen LogP contribution in [0.4, 0.5) is 0 Å². The molecule has 2 rings (SSSR count). The summed E-state index contributed by atoms with van der Waals surface area (Å²) in [7, 11) is 1.59. The van der Waals surface area contributed by atoms with E-state index in [0.717, 1.165) is 17.6 Å². The summed E-state index contributed by atoms with van der Waals surface area (Å²) in [6, 6.07) is 13.6. The predicted molar refractivity (Wildman–Crippen MR) is 74.2 cm³/mol. The quantitative estimate of drug-likeness (QED) is 0.476. The second kappa shape index (κ2) is 6.52. The summed E-state index contributed by atoms with van der Waals surface area (Å²) in [6.07, 6.45) is 0.919. The lowest BCUT2D eigenvalue weighted by Crippen LogP contribution is -2.11. The second-order valence-electron chi connectivity index (χ2n) is 4.19. The lowest BCUT2D eigenvalue weighted by atomic mass is 10.1. The Morgan fingerprint density at radius 3 is 2.15 bits per heavy atom. The number of methoxy groups -OCH3 is 1. The highest BCUT2D eigenvalue weighted by atomic mass is 16.5. The molecule has 0 saturated heterocycles. The zero-order valence-corrected chi connectivity index (χ0v) is 11.0. The van der Waals surface area contributed by atoms with Crippen LogP contribution in [0.25, 0.3) is 0 Å². The van der Waals surface area contributed by atoms with Crippen molar-refractivity contribution in [3.63, 3.8) is 0 Å². The number of aldehydes is 1. The standard InChI is InChI=1S/C16H14O4/c1-19-14-6-2-12(3-7-14)10-16(18)20-15-8-4-13(11-17)5-9-15/h2-9,11H,10H2,1H3. The van der Waals surface area contributed by atoms with Gasteiger partial charge in [0, 0.05) is 5.56 Å². The van der Waals surface area contributed by atoms with Crippen molar-refractivity contribution in [2.75, 3.05) is 7.11 Å². The van der Waals surface area contributed by atoms with Gasteiger partial charge in [-0.1, -0.05) is 12.1 Å². The van der Waals surface area contributed by atoms with E-state index in [1.807, 2.05) is 12.1 Å². The molecule has 0 fully saturated rings. The van der Waals surface area contributed by atoms with E-state index in [1.165, 1.54) is 0 Å². The molecule has 0 atom stereocenters. The van der Waals surface area contributed by atoms with Gasteiger partial charge in [-0.25, -0.2) is 0 Å². The van der Waals surface area contributed by atoms with E-state index in [1.54, 1.807) is 43.5 Å². The SMILES string of the molecule is COc1ccc(CC(=O)Oc2ccc(C=O)cc2)cc1. The maximum atomic E-state index is 11.8. The highest BCUT2D eigenvalue weighted by Gasteiger charge is 2.06. The summed E-state index contributed by atoms with van der Waals surface area (Å²) in [5.74, 6) is 0.815. The van der Waals surface area contributed by atoms with Gasteiger partial charge in [-0.3, -0.25) is 9.59 Å². The Kier molecular flexibility index (Phi) is 4.50. The van der Waals surface area contributed by atoms with Gasteiger partial charge in [0.15, 0.2) is 0 Å². The molecule has 0 spiro atoms. The van der Waals surface area contributed by atoms with Crippen molar-refractivity contribution in [1.82, 2.24) is 0 Å². The van der Waals surface area contributed by atoms with Crippen LogP contribution in [-0.4, -0.2) is 19.4 Å². The molecule has 4 heteroatoms. The van der Waals surface area contributed by atoms with Crippen LogP contribution in [0.15, 0.2) is 48.5 Å². The molecule has 2 aromatic carbocycles. The number of carbonyl (C=O) groups excluding carboxylic acids is 2. The lowest BCUT2D eigenvalue weighted by Gasteiger charge is -2.05. The van der Waals surface area contributed by atoms with Gasteiger partial charge in [-0.2, -0.15) is 0 Å². The van der Waals surface area contributed by atoms with E-state index in [0.29, 0.717) is 11.3 Å². The summed E-state index contributed by atoms with van der Waals surface area (Å²) in [5, 5.41) is 0. The molecule has 0 saturated carbocycles. The molecule has 0 amide bonds. The van der Waals surface area contributed by atoms with E-state index < -0.39 is 0 Å². The van der Waals surface area contributed by atoms with Gasteiger partial charge in [0.1, 0.15) is 17.8 Å². The molecular formula is C16H14O4. The van der Waals surface area contributed by atoms with E-state index in [2.05, 4.69) is 0 Å². The molecular weight excluding hydrogens is 256 g/mol. The van der Waals surface area contributed by atoms with Crippen molar-refractivity contribution in [2.24, 2.45) is 0 Å². The molecule has 0 bridgehead atoms. The maximum Gasteiger partial charge on any atom is 0.315 e. The van der Waals surface area contributed by atoms with E-state index >= 15 is 0 Å². The Hall–Kier alpha value is -2.62. The molecule has 0 aliphatic heterocycles. The fraction of sp³-hybridized carbons (Fsp3) is 0.125. The van der Waals surface area contributed by atoms with Gasteiger partial charge in [-0.05, 0) is 42.0 Å². The molecule has 0 aliphatic carbocycles. The number of rotatable bonds is 5. The van der Waals surface area contributed by atoms with Crippen LogP contribution >= 0.6 is 0 Å². The molecule has 0 aliphatic rings. The number of benzene rings is 2. The third-order valence-corrected chi connectivity index (χ3v) is 2.76. The van der Waals surface area contributed by atoms with E-state index in [-0.39, 0.29) is 12.4 Å². The fourth-order valence-corrected chi connectivity index (χ4v) is 1.69. The van der Waals surface area contributed by atoms with Crippen LogP contribution in [0.5, 0.6) is 11.5 Å². The fourth-order valence-electron chi connectivity index (χ4n) is 1.69. The Labute approximate surface area is 116 Å². The largest absolute Gasteiger partial charge is 0.497 e. The number of hydrogen-bond donors (Lipinski definition) is 0. The highest BCUT2D eigenvalue weighted by molar-refractivity contribution is 5.77. The average Bonchev–Trinajstić information content (AvgIpc) is 2.49. The zero-order valence-electron chi connectivity index (χ0n) is 11.0. The predicted octanol–water partition coefficient (Wildman–Crippen LogP) is 2.66. The monoisotopic (exact) mass is 270 g/mol. The smallest absolute Gasteiger partial charge is 0.315 e. The van der Waals surface area contributed by atoms with Crippen molar-refractivity contribution >= 4 is 12.3 Å². The van der Waals surface area contributed by atoms with E-state index in [9.17, 15) is 9.59 Å². The summed E-state index contributed by atoms with van der Waals surface area (Å²) in [4.78, 5) is 22.3. The summed E-state index contributed by atoms with van der Waals surface area (Å²) < 4.78 is 10.2. The van der Waals surface area contributed by atoms with Gasteiger partial charge in [-0.15, -0.1) is 0 Å². The van der Waals surface area contributed by atoms with Crippen LogP contribution in [0.3, 0.4) is 0 Å². The number of esters is 1. The van der Waals surface area contributed by atoms with Crippen LogP contribution in [-0.2, 0) is 11.2 Å². The molecule has 0 aromatic heterocycles. The molecule has 0 N–H and O–H groups in total. The minimum Gasteiger partial charge on any atom is -0.497 e. The third-order valence-electron chi connectivity index (χ3n) is 2.76. The van der Waals surface area contributed by atoms with Crippen LogP contribution in [0.1, 0.15) is 15.9 Å². The normalized spacial score (nSPS) is 9.85. The van der Waals surface area contributed by atoms with Gasteiger partial charge in [0.05, 0.1) is 13.5 Å². The first-order valence-electron chi connectivity index (χ1n) is 6.10. The van der Waals surface area contributed by atoms with Gasteiger partial charge in [0.2, 0.25) is 0 Å². The molecule has 102 valence electrons. The van der Waals surface area contributed by atoms with Gasteiger partial charge < -0.3 is 9.47 Å². The Balaban J connectivity index is 1.95. The summed E-state index contributed by atoms with van der Waals surface area (Å²) in [6.45, 7) is 0. The summed E-state index contributed by atoms with van der Waals surface area (Å²) in [5.41, 5.74) is 1.39. The van der Waals surface area contributed by atoms with Crippen LogP contribution < -0.4 is 9.47 Å². The van der Waals surface area contributed by atoms with Crippen molar-refractivity contribution < 1.29 is 19.1 Å². The van der Waals surface area contributed by atoms with Gasteiger partial charge >= 0.3 is 5.97 Å². The molecule has 0 radical (unpaired) electrons. The molecule has 0 unspecified atom stereocenters. The van der Waals surface area contributed by atoms with Crippen molar-refractivity contribution in [3.8, 4) is 11.5 Å². The first kappa shape index (κ1) is 13.8.